The molecule has 7 heteroatoms. The third-order valence-corrected chi connectivity index (χ3v) is 5.31. The van der Waals surface area contributed by atoms with Crippen LogP contribution in [0.25, 0.3) is 0 Å². The molecule has 0 spiro atoms. The molecule has 0 radical (unpaired) electrons. The Hall–Kier alpha value is -0.330. The lowest BCUT2D eigenvalue weighted by molar-refractivity contribution is -0.121. The molecule has 1 aliphatic carbocycles. The summed E-state index contributed by atoms with van der Waals surface area (Å²) in [6, 6.07) is -0.0954. The lowest BCUT2D eigenvalue weighted by Gasteiger charge is -2.30. The van der Waals surface area contributed by atoms with E-state index in [4.69, 9.17) is 5.73 Å². The van der Waals surface area contributed by atoms with Gasteiger partial charge in [-0.1, -0.05) is 19.3 Å². The first-order valence-corrected chi connectivity index (χ1v) is 8.51. The maximum absolute atomic E-state index is 11.9. The first-order chi connectivity index (χ1) is 8.36. The van der Waals surface area contributed by atoms with E-state index in [1.807, 2.05) is 0 Å². The van der Waals surface area contributed by atoms with Gasteiger partial charge in [0.25, 0.3) is 0 Å². The SMILES string of the molecule is CC(C(=O)NC(CN)C1CCCCC1)S(C)(=O)=O.Cl. The van der Waals surface area contributed by atoms with Gasteiger partial charge in [0.1, 0.15) is 5.25 Å². The average molecular weight is 313 g/mol. The van der Waals surface area contributed by atoms with Crippen LogP contribution in [0.1, 0.15) is 39.0 Å². The van der Waals surface area contributed by atoms with Gasteiger partial charge in [0, 0.05) is 18.8 Å². The highest BCUT2D eigenvalue weighted by molar-refractivity contribution is 7.92. The van der Waals surface area contributed by atoms with Crippen molar-refractivity contribution >= 4 is 28.2 Å². The quantitative estimate of drug-likeness (QED) is 0.788. The van der Waals surface area contributed by atoms with Crippen molar-refractivity contribution in [1.82, 2.24) is 5.32 Å². The van der Waals surface area contributed by atoms with E-state index in [-0.39, 0.29) is 18.4 Å². The highest BCUT2D eigenvalue weighted by Gasteiger charge is 2.29. The summed E-state index contributed by atoms with van der Waals surface area (Å²) in [4.78, 5) is 11.9. The van der Waals surface area contributed by atoms with Gasteiger partial charge in [-0.2, -0.15) is 0 Å². The summed E-state index contributed by atoms with van der Waals surface area (Å²) in [7, 11) is -3.34. The zero-order chi connectivity index (χ0) is 13.8. The summed E-state index contributed by atoms with van der Waals surface area (Å²) < 4.78 is 22.7. The summed E-state index contributed by atoms with van der Waals surface area (Å²) in [5.41, 5.74) is 5.70. The molecular formula is C12H25ClN2O3S. The van der Waals surface area contributed by atoms with Gasteiger partial charge in [0.2, 0.25) is 5.91 Å². The van der Waals surface area contributed by atoms with Crippen LogP contribution >= 0.6 is 12.4 Å². The summed E-state index contributed by atoms with van der Waals surface area (Å²) in [6.45, 7) is 1.78. The lowest BCUT2D eigenvalue weighted by Crippen LogP contribution is -2.50. The molecule has 114 valence electrons. The largest absolute Gasteiger partial charge is 0.351 e. The number of hydrogen-bond acceptors (Lipinski definition) is 4. The van der Waals surface area contributed by atoms with Crippen LogP contribution in [0.5, 0.6) is 0 Å². The monoisotopic (exact) mass is 312 g/mol. The van der Waals surface area contributed by atoms with Crippen molar-refractivity contribution in [2.45, 2.75) is 50.3 Å². The average Bonchev–Trinajstić information content (AvgIpc) is 2.34. The molecule has 1 rings (SSSR count). The molecule has 0 aromatic carbocycles. The smallest absolute Gasteiger partial charge is 0.238 e. The minimum Gasteiger partial charge on any atom is -0.351 e. The Balaban J connectivity index is 0.00000324. The summed E-state index contributed by atoms with van der Waals surface area (Å²) in [6.07, 6.45) is 6.78. The molecule has 0 aromatic rings. The normalized spacial score (nSPS) is 20.2. The van der Waals surface area contributed by atoms with Gasteiger partial charge in [0.15, 0.2) is 9.84 Å². The van der Waals surface area contributed by atoms with E-state index in [0.717, 1.165) is 19.1 Å². The maximum Gasteiger partial charge on any atom is 0.238 e. The number of nitrogens with one attached hydrogen (secondary N) is 1. The Kier molecular flexibility index (Phi) is 7.93. The first-order valence-electron chi connectivity index (χ1n) is 6.55. The number of carbonyl (C=O) groups excluding carboxylic acids is 1. The molecule has 19 heavy (non-hydrogen) atoms. The fourth-order valence-corrected chi connectivity index (χ4v) is 2.86. The number of hydrogen-bond donors (Lipinski definition) is 2. The molecule has 0 bridgehead atoms. The lowest BCUT2D eigenvalue weighted by atomic mass is 9.84. The molecular weight excluding hydrogens is 288 g/mol. The molecule has 1 amide bonds. The molecule has 1 saturated carbocycles. The van der Waals surface area contributed by atoms with Crippen LogP contribution < -0.4 is 11.1 Å². The van der Waals surface area contributed by atoms with Crippen LogP contribution in [0.4, 0.5) is 0 Å². The zero-order valence-electron chi connectivity index (χ0n) is 11.6. The maximum atomic E-state index is 11.9. The Bertz CT molecular complexity index is 380. The van der Waals surface area contributed by atoms with Crippen molar-refractivity contribution in [2.24, 2.45) is 11.7 Å². The predicted octanol–water partition coefficient (Wildman–Crippen LogP) is 0.865. The summed E-state index contributed by atoms with van der Waals surface area (Å²) >= 11 is 0. The van der Waals surface area contributed by atoms with Gasteiger partial charge < -0.3 is 11.1 Å². The Morgan fingerprint density at radius 2 is 1.84 bits per heavy atom. The second-order valence-corrected chi connectivity index (χ2v) is 7.59. The molecule has 0 aromatic heterocycles. The Labute approximate surface area is 122 Å². The van der Waals surface area contributed by atoms with Crippen LogP contribution in [0.2, 0.25) is 0 Å². The number of halogens is 1. The molecule has 0 saturated heterocycles. The predicted molar refractivity (Wildman–Crippen MR) is 79.1 cm³/mol. The topological polar surface area (TPSA) is 89.3 Å². The zero-order valence-corrected chi connectivity index (χ0v) is 13.2. The van der Waals surface area contributed by atoms with Crippen LogP contribution in [0, 0.1) is 5.92 Å². The van der Waals surface area contributed by atoms with Gasteiger partial charge in [-0.25, -0.2) is 8.42 Å². The van der Waals surface area contributed by atoms with Crippen molar-refractivity contribution in [3.8, 4) is 0 Å². The van der Waals surface area contributed by atoms with Crippen LogP contribution in [0.15, 0.2) is 0 Å². The van der Waals surface area contributed by atoms with E-state index >= 15 is 0 Å². The highest BCUT2D eigenvalue weighted by atomic mass is 35.5. The molecule has 2 unspecified atom stereocenters. The van der Waals surface area contributed by atoms with Gasteiger partial charge in [-0.3, -0.25) is 4.79 Å². The van der Waals surface area contributed by atoms with Gasteiger partial charge in [-0.05, 0) is 25.7 Å². The van der Waals surface area contributed by atoms with E-state index in [1.54, 1.807) is 0 Å². The Morgan fingerprint density at radius 3 is 2.26 bits per heavy atom. The molecule has 5 nitrogen and oxygen atoms in total. The van der Waals surface area contributed by atoms with Crippen molar-refractivity contribution in [1.29, 1.82) is 0 Å². The van der Waals surface area contributed by atoms with Crippen molar-refractivity contribution < 1.29 is 13.2 Å². The third kappa shape index (κ3) is 5.67. The van der Waals surface area contributed by atoms with Crippen LogP contribution in [0.3, 0.4) is 0 Å². The third-order valence-electron chi connectivity index (χ3n) is 3.81. The highest BCUT2D eigenvalue weighted by Crippen LogP contribution is 2.26. The van der Waals surface area contributed by atoms with E-state index in [1.165, 1.54) is 26.2 Å². The number of carbonyl (C=O) groups is 1. The van der Waals surface area contributed by atoms with E-state index in [0.29, 0.717) is 12.5 Å². The van der Waals surface area contributed by atoms with E-state index in [2.05, 4.69) is 5.32 Å². The number of amides is 1. The van der Waals surface area contributed by atoms with Gasteiger partial charge >= 0.3 is 0 Å². The second kappa shape index (κ2) is 8.07. The van der Waals surface area contributed by atoms with Gasteiger partial charge in [0.05, 0.1) is 0 Å². The molecule has 1 aliphatic rings. The van der Waals surface area contributed by atoms with Gasteiger partial charge in [-0.15, -0.1) is 12.4 Å². The van der Waals surface area contributed by atoms with E-state index < -0.39 is 21.0 Å². The number of rotatable bonds is 5. The molecule has 0 heterocycles. The number of nitrogens with two attached hydrogens (primary N) is 1. The van der Waals surface area contributed by atoms with Crippen LogP contribution in [-0.4, -0.2) is 38.4 Å². The minimum absolute atomic E-state index is 0. The standard InChI is InChI=1S/C12H24N2O3S.ClH/c1-9(18(2,16)17)12(15)14-11(8-13)10-6-4-3-5-7-10;/h9-11H,3-8,13H2,1-2H3,(H,14,15);1H. The fraction of sp³-hybridized carbons (Fsp3) is 0.917. The van der Waals surface area contributed by atoms with Crippen LogP contribution in [-0.2, 0) is 14.6 Å². The summed E-state index contributed by atoms with van der Waals surface area (Å²) in [5.74, 6) is -0.0435. The van der Waals surface area contributed by atoms with Crippen molar-refractivity contribution in [3.05, 3.63) is 0 Å². The number of sulfone groups is 1. The van der Waals surface area contributed by atoms with Crippen molar-refractivity contribution in [3.63, 3.8) is 0 Å². The minimum atomic E-state index is -3.34. The first kappa shape index (κ1) is 18.7. The van der Waals surface area contributed by atoms with Crippen molar-refractivity contribution in [2.75, 3.05) is 12.8 Å². The molecule has 1 fully saturated rings. The Morgan fingerprint density at radius 1 is 1.32 bits per heavy atom. The molecule has 0 aliphatic heterocycles. The van der Waals surface area contributed by atoms with E-state index in [9.17, 15) is 13.2 Å². The second-order valence-electron chi connectivity index (χ2n) is 5.22. The fourth-order valence-electron chi connectivity index (χ4n) is 2.40. The molecule has 2 atom stereocenters. The summed E-state index contributed by atoms with van der Waals surface area (Å²) in [5, 5.41) is 1.80. The molecule has 3 N–H and O–H groups in total.